The second-order valence-electron chi connectivity index (χ2n) is 6.49. The molecule has 7 nitrogen and oxygen atoms in total. The van der Waals surface area contributed by atoms with Crippen molar-refractivity contribution in [3.05, 3.63) is 0 Å². The average molecular weight is 326 g/mol. The van der Waals surface area contributed by atoms with Crippen LogP contribution in [0.15, 0.2) is 0 Å². The Labute approximate surface area is 138 Å². The second-order valence-corrected chi connectivity index (χ2v) is 6.49. The number of imide groups is 1. The molecular formula is C16H30N4O3. The van der Waals surface area contributed by atoms with Crippen molar-refractivity contribution < 1.29 is 14.4 Å². The van der Waals surface area contributed by atoms with Crippen LogP contribution in [0.25, 0.3) is 0 Å². The second kappa shape index (κ2) is 8.86. The Bertz CT molecular complexity index is 437. The summed E-state index contributed by atoms with van der Waals surface area (Å²) in [7, 11) is 0. The first kappa shape index (κ1) is 19.4. The standard InChI is InChI=1S/C16H30N4O3/c1-5-8-17-13(21)12-19(9-6-2)10-7-11-20-14(22)16(3,4)18-15(20)23/h5-12H2,1-4H3,(H,17,21)(H,18,23). The van der Waals surface area contributed by atoms with E-state index >= 15 is 0 Å². The van der Waals surface area contributed by atoms with Crippen molar-refractivity contribution in [3.63, 3.8) is 0 Å². The Kier molecular flexibility index (Phi) is 7.48. The smallest absolute Gasteiger partial charge is 0.325 e. The number of carbonyl (C=O) groups excluding carboxylic acids is 3. The van der Waals surface area contributed by atoms with Crippen molar-refractivity contribution in [1.29, 1.82) is 0 Å². The first-order valence-electron chi connectivity index (χ1n) is 8.45. The Morgan fingerprint density at radius 3 is 2.43 bits per heavy atom. The molecule has 0 atom stereocenters. The number of hydrogen-bond donors (Lipinski definition) is 2. The van der Waals surface area contributed by atoms with E-state index < -0.39 is 5.54 Å². The minimum Gasteiger partial charge on any atom is -0.355 e. The Morgan fingerprint density at radius 1 is 1.22 bits per heavy atom. The molecule has 4 amide bonds. The Balaban J connectivity index is 2.42. The summed E-state index contributed by atoms with van der Waals surface area (Å²) in [6.45, 7) is 10.4. The minimum atomic E-state index is -0.819. The number of hydrogen-bond acceptors (Lipinski definition) is 4. The van der Waals surface area contributed by atoms with Gasteiger partial charge in [0, 0.05) is 19.6 Å². The zero-order valence-electron chi connectivity index (χ0n) is 14.8. The van der Waals surface area contributed by atoms with Gasteiger partial charge in [-0.25, -0.2) is 4.79 Å². The van der Waals surface area contributed by atoms with E-state index in [-0.39, 0.29) is 17.8 Å². The zero-order chi connectivity index (χ0) is 17.5. The maximum Gasteiger partial charge on any atom is 0.325 e. The molecule has 0 spiro atoms. The number of rotatable bonds is 10. The van der Waals surface area contributed by atoms with E-state index in [1.165, 1.54) is 4.90 Å². The number of amides is 4. The molecule has 2 N–H and O–H groups in total. The quantitative estimate of drug-likeness (QED) is 0.586. The van der Waals surface area contributed by atoms with Crippen molar-refractivity contribution in [2.24, 2.45) is 0 Å². The zero-order valence-corrected chi connectivity index (χ0v) is 14.8. The van der Waals surface area contributed by atoms with E-state index in [1.54, 1.807) is 13.8 Å². The molecule has 0 saturated carbocycles. The fraction of sp³-hybridized carbons (Fsp3) is 0.812. The summed E-state index contributed by atoms with van der Waals surface area (Å²) in [5.74, 6) is -0.165. The van der Waals surface area contributed by atoms with Crippen LogP contribution in [0.5, 0.6) is 0 Å². The Hall–Kier alpha value is -1.63. The lowest BCUT2D eigenvalue weighted by atomic mass is 10.1. The van der Waals surface area contributed by atoms with Crippen molar-refractivity contribution in [2.75, 3.05) is 32.7 Å². The molecule has 1 heterocycles. The molecule has 1 fully saturated rings. The molecule has 0 aromatic carbocycles. The third-order valence-electron chi connectivity index (χ3n) is 3.78. The predicted octanol–water partition coefficient (Wildman–Crippen LogP) is 0.945. The van der Waals surface area contributed by atoms with Crippen molar-refractivity contribution in [3.8, 4) is 0 Å². The number of nitrogens with one attached hydrogen (secondary N) is 2. The molecule has 1 aliphatic heterocycles. The lowest BCUT2D eigenvalue weighted by molar-refractivity contribution is -0.130. The topological polar surface area (TPSA) is 81.8 Å². The van der Waals surface area contributed by atoms with Gasteiger partial charge in [0.05, 0.1) is 6.54 Å². The van der Waals surface area contributed by atoms with Crippen molar-refractivity contribution >= 4 is 17.8 Å². The lowest BCUT2D eigenvalue weighted by Gasteiger charge is -2.22. The average Bonchev–Trinajstić information content (AvgIpc) is 2.66. The molecule has 0 aromatic rings. The molecule has 7 heteroatoms. The normalized spacial score (nSPS) is 16.8. The fourth-order valence-electron chi connectivity index (χ4n) is 2.58. The van der Waals surface area contributed by atoms with E-state index in [0.717, 1.165) is 19.4 Å². The summed E-state index contributed by atoms with van der Waals surface area (Å²) in [5.41, 5.74) is -0.819. The molecule has 23 heavy (non-hydrogen) atoms. The molecule has 1 rings (SSSR count). The van der Waals surface area contributed by atoms with Crippen LogP contribution in [-0.2, 0) is 9.59 Å². The van der Waals surface area contributed by atoms with Crippen molar-refractivity contribution in [1.82, 2.24) is 20.4 Å². The molecule has 0 unspecified atom stereocenters. The van der Waals surface area contributed by atoms with Crippen molar-refractivity contribution in [2.45, 2.75) is 52.5 Å². The van der Waals surface area contributed by atoms with Gasteiger partial charge >= 0.3 is 6.03 Å². The van der Waals surface area contributed by atoms with E-state index in [9.17, 15) is 14.4 Å². The molecule has 0 bridgehead atoms. The van der Waals surface area contributed by atoms with E-state index in [2.05, 4.69) is 22.5 Å². The molecular weight excluding hydrogens is 296 g/mol. The third kappa shape index (κ3) is 5.82. The van der Waals surface area contributed by atoms with Gasteiger partial charge in [0.15, 0.2) is 0 Å². The van der Waals surface area contributed by atoms with Gasteiger partial charge < -0.3 is 10.6 Å². The van der Waals surface area contributed by atoms with Gasteiger partial charge in [0.25, 0.3) is 5.91 Å². The first-order chi connectivity index (χ1) is 10.8. The van der Waals surface area contributed by atoms with E-state index in [4.69, 9.17) is 0 Å². The van der Waals surface area contributed by atoms with Crippen LogP contribution in [0.4, 0.5) is 4.79 Å². The highest BCUT2D eigenvalue weighted by Gasteiger charge is 2.43. The van der Waals surface area contributed by atoms with Crippen LogP contribution in [0.1, 0.15) is 47.0 Å². The van der Waals surface area contributed by atoms with Crippen LogP contribution >= 0.6 is 0 Å². The van der Waals surface area contributed by atoms with Crippen LogP contribution in [0.3, 0.4) is 0 Å². The van der Waals surface area contributed by atoms with Gasteiger partial charge in [0.1, 0.15) is 5.54 Å². The summed E-state index contributed by atoms with van der Waals surface area (Å²) in [5, 5.41) is 5.54. The van der Waals surface area contributed by atoms with Gasteiger partial charge in [-0.1, -0.05) is 13.8 Å². The summed E-state index contributed by atoms with van der Waals surface area (Å²) < 4.78 is 0. The van der Waals surface area contributed by atoms with Gasteiger partial charge in [-0.2, -0.15) is 0 Å². The van der Waals surface area contributed by atoms with Gasteiger partial charge in [0.2, 0.25) is 5.91 Å². The molecule has 1 aliphatic rings. The molecule has 0 aliphatic carbocycles. The van der Waals surface area contributed by atoms with Crippen LogP contribution < -0.4 is 10.6 Å². The summed E-state index contributed by atoms with van der Waals surface area (Å²) >= 11 is 0. The number of urea groups is 1. The largest absolute Gasteiger partial charge is 0.355 e. The van der Waals surface area contributed by atoms with Gasteiger partial charge in [-0.15, -0.1) is 0 Å². The highest BCUT2D eigenvalue weighted by Crippen LogP contribution is 2.16. The van der Waals surface area contributed by atoms with Gasteiger partial charge in [-0.05, 0) is 39.7 Å². The highest BCUT2D eigenvalue weighted by molar-refractivity contribution is 6.06. The van der Waals surface area contributed by atoms with E-state index in [0.29, 0.717) is 32.6 Å². The van der Waals surface area contributed by atoms with Crippen LogP contribution in [0, 0.1) is 0 Å². The maximum atomic E-state index is 12.1. The highest BCUT2D eigenvalue weighted by atomic mass is 16.2. The predicted molar refractivity (Wildman–Crippen MR) is 89.0 cm³/mol. The third-order valence-corrected chi connectivity index (χ3v) is 3.78. The summed E-state index contributed by atoms with van der Waals surface area (Å²) in [4.78, 5) is 39.1. The SMILES string of the molecule is CCCNC(=O)CN(CCC)CCCN1C(=O)NC(C)(C)C1=O. The molecule has 132 valence electrons. The van der Waals surface area contributed by atoms with Crippen LogP contribution in [-0.4, -0.2) is 65.9 Å². The Morgan fingerprint density at radius 2 is 1.91 bits per heavy atom. The lowest BCUT2D eigenvalue weighted by Crippen LogP contribution is -2.41. The molecule has 0 radical (unpaired) electrons. The summed E-state index contributed by atoms with van der Waals surface area (Å²) in [6.07, 6.45) is 2.54. The molecule has 1 saturated heterocycles. The molecule has 0 aromatic heterocycles. The number of carbonyl (C=O) groups is 3. The summed E-state index contributed by atoms with van der Waals surface area (Å²) in [6, 6.07) is -0.331. The fourth-order valence-corrected chi connectivity index (χ4v) is 2.58. The monoisotopic (exact) mass is 326 g/mol. The first-order valence-corrected chi connectivity index (χ1v) is 8.45. The van der Waals surface area contributed by atoms with Crippen LogP contribution in [0.2, 0.25) is 0 Å². The minimum absolute atomic E-state index is 0.0245. The van der Waals surface area contributed by atoms with E-state index in [1.807, 2.05) is 6.92 Å². The number of nitrogens with zero attached hydrogens (tertiary/aromatic N) is 2. The van der Waals surface area contributed by atoms with Gasteiger partial charge in [-0.3, -0.25) is 19.4 Å². The maximum absolute atomic E-state index is 12.1.